The molecule has 0 bridgehead atoms. The maximum Gasteiger partial charge on any atom is 0.291 e. The molecule has 4 rings (SSSR count). The number of carbonyl (C=O) groups is 3. The third-order valence-corrected chi connectivity index (χ3v) is 4.32. The van der Waals surface area contributed by atoms with Gasteiger partial charge in [-0.3, -0.25) is 14.4 Å². The summed E-state index contributed by atoms with van der Waals surface area (Å²) in [6, 6.07) is 11.7. The normalized spacial score (nSPS) is 13.0. The van der Waals surface area contributed by atoms with Crippen LogP contribution in [0.5, 0.6) is 0 Å². The molecule has 0 fully saturated rings. The molecule has 0 spiro atoms. The number of hydrogen-bond acceptors (Lipinski definition) is 4. The Hall–Kier alpha value is -3.74. The maximum absolute atomic E-state index is 13.9. The lowest BCUT2D eigenvalue weighted by Gasteiger charge is -2.14. The van der Waals surface area contributed by atoms with Gasteiger partial charge in [0.25, 0.3) is 17.7 Å². The molecule has 2 heterocycles. The summed E-state index contributed by atoms with van der Waals surface area (Å²) < 4.78 is 19.1. The van der Waals surface area contributed by atoms with E-state index in [1.54, 1.807) is 25.1 Å². The molecule has 0 aliphatic carbocycles. The Balaban J connectivity index is 1.58. The number of rotatable bonds is 3. The summed E-state index contributed by atoms with van der Waals surface area (Å²) in [6.07, 6.45) is 1.43. The number of halogens is 1. The lowest BCUT2D eigenvalue weighted by atomic mass is 10.1. The molecule has 1 aliphatic rings. The van der Waals surface area contributed by atoms with Crippen molar-refractivity contribution in [3.63, 3.8) is 0 Å². The fourth-order valence-corrected chi connectivity index (χ4v) is 2.97. The van der Waals surface area contributed by atoms with Gasteiger partial charge >= 0.3 is 0 Å². The van der Waals surface area contributed by atoms with Gasteiger partial charge in [-0.1, -0.05) is 6.07 Å². The second-order valence-electron chi connectivity index (χ2n) is 6.04. The standard InChI is InChI=1S/C20H13FN2O4/c1-11-9-10-27-17(11)18(24)22-12-5-7-13(8-6-12)23-19(25)14-3-2-4-15(21)16(14)20(23)26/h2-10H,1H3,(H,22,24). The summed E-state index contributed by atoms with van der Waals surface area (Å²) in [4.78, 5) is 38.0. The first-order valence-corrected chi connectivity index (χ1v) is 8.10. The summed E-state index contributed by atoms with van der Waals surface area (Å²) >= 11 is 0. The van der Waals surface area contributed by atoms with Crippen LogP contribution < -0.4 is 10.2 Å². The van der Waals surface area contributed by atoms with Gasteiger partial charge in [0, 0.05) is 11.3 Å². The van der Waals surface area contributed by atoms with Gasteiger partial charge in [-0.2, -0.15) is 0 Å². The van der Waals surface area contributed by atoms with E-state index in [1.807, 2.05) is 0 Å². The van der Waals surface area contributed by atoms with Crippen LogP contribution in [0.2, 0.25) is 0 Å². The number of nitrogens with one attached hydrogen (secondary N) is 1. The van der Waals surface area contributed by atoms with Crippen LogP contribution in [-0.4, -0.2) is 17.7 Å². The van der Waals surface area contributed by atoms with Crippen LogP contribution in [0.3, 0.4) is 0 Å². The van der Waals surface area contributed by atoms with Crippen LogP contribution in [-0.2, 0) is 0 Å². The van der Waals surface area contributed by atoms with Crippen LogP contribution >= 0.6 is 0 Å². The Morgan fingerprint density at radius 1 is 1.04 bits per heavy atom. The van der Waals surface area contributed by atoms with Crippen molar-refractivity contribution in [3.8, 4) is 0 Å². The van der Waals surface area contributed by atoms with Gasteiger partial charge in [0.05, 0.1) is 23.1 Å². The number of anilines is 2. The van der Waals surface area contributed by atoms with Crippen molar-refractivity contribution < 1.29 is 23.2 Å². The average molecular weight is 364 g/mol. The fraction of sp³-hybridized carbons (Fsp3) is 0.0500. The number of aryl methyl sites for hydroxylation is 1. The molecule has 3 aromatic rings. The van der Waals surface area contributed by atoms with E-state index in [0.29, 0.717) is 11.3 Å². The molecule has 0 radical (unpaired) electrons. The minimum absolute atomic E-state index is 0.0330. The second kappa shape index (κ2) is 6.21. The number of benzene rings is 2. The first kappa shape index (κ1) is 16.7. The quantitative estimate of drug-likeness (QED) is 0.718. The zero-order valence-corrected chi connectivity index (χ0v) is 14.2. The summed E-state index contributed by atoms with van der Waals surface area (Å²) in [5.74, 6) is -2.23. The number of carbonyl (C=O) groups excluding carboxylic acids is 3. The highest BCUT2D eigenvalue weighted by atomic mass is 19.1. The van der Waals surface area contributed by atoms with E-state index in [1.165, 1.54) is 30.5 Å². The largest absolute Gasteiger partial charge is 0.459 e. The first-order valence-electron chi connectivity index (χ1n) is 8.10. The molecular formula is C20H13FN2O4. The maximum atomic E-state index is 13.9. The van der Waals surface area contributed by atoms with Crippen molar-refractivity contribution >= 4 is 29.1 Å². The van der Waals surface area contributed by atoms with E-state index in [2.05, 4.69) is 5.32 Å². The third kappa shape index (κ3) is 2.69. The van der Waals surface area contributed by atoms with E-state index < -0.39 is 23.5 Å². The van der Waals surface area contributed by atoms with Crippen molar-refractivity contribution in [3.05, 3.63) is 83.1 Å². The highest BCUT2D eigenvalue weighted by molar-refractivity contribution is 6.34. The Labute approximate surface area is 153 Å². The average Bonchev–Trinajstić information content (AvgIpc) is 3.18. The van der Waals surface area contributed by atoms with Crippen molar-refractivity contribution in [1.82, 2.24) is 0 Å². The van der Waals surface area contributed by atoms with Gasteiger partial charge < -0.3 is 9.73 Å². The van der Waals surface area contributed by atoms with E-state index in [0.717, 1.165) is 11.0 Å². The minimum Gasteiger partial charge on any atom is -0.459 e. The number of amides is 3. The number of furan rings is 1. The third-order valence-electron chi connectivity index (χ3n) is 4.32. The first-order chi connectivity index (χ1) is 13.0. The number of fused-ring (bicyclic) bond motifs is 1. The summed E-state index contributed by atoms with van der Waals surface area (Å²) in [7, 11) is 0. The molecule has 0 atom stereocenters. The van der Waals surface area contributed by atoms with Crippen molar-refractivity contribution in [2.24, 2.45) is 0 Å². The number of hydrogen-bond donors (Lipinski definition) is 1. The topological polar surface area (TPSA) is 79.6 Å². The molecule has 1 N–H and O–H groups in total. The van der Waals surface area contributed by atoms with Crippen LogP contribution in [0.1, 0.15) is 36.8 Å². The molecule has 7 heteroatoms. The monoisotopic (exact) mass is 364 g/mol. The molecule has 0 saturated heterocycles. The van der Waals surface area contributed by atoms with Gasteiger partial charge in [-0.15, -0.1) is 0 Å². The van der Waals surface area contributed by atoms with E-state index in [9.17, 15) is 18.8 Å². The SMILES string of the molecule is Cc1ccoc1C(=O)Nc1ccc(N2C(=O)c3cccc(F)c3C2=O)cc1. The van der Waals surface area contributed by atoms with Gasteiger partial charge in [0.1, 0.15) is 5.82 Å². The molecular weight excluding hydrogens is 351 g/mol. The smallest absolute Gasteiger partial charge is 0.291 e. The lowest BCUT2D eigenvalue weighted by molar-refractivity contribution is 0.0923. The molecule has 2 aromatic carbocycles. The Kier molecular flexibility index (Phi) is 3.84. The number of imide groups is 1. The number of nitrogens with zero attached hydrogens (tertiary/aromatic N) is 1. The predicted molar refractivity (Wildman–Crippen MR) is 95.4 cm³/mol. The highest BCUT2D eigenvalue weighted by Gasteiger charge is 2.38. The molecule has 6 nitrogen and oxygen atoms in total. The summed E-state index contributed by atoms with van der Waals surface area (Å²) in [5, 5.41) is 2.67. The Bertz CT molecular complexity index is 1090. The molecule has 27 heavy (non-hydrogen) atoms. The van der Waals surface area contributed by atoms with Gasteiger partial charge in [0.2, 0.25) is 0 Å². The summed E-state index contributed by atoms with van der Waals surface area (Å²) in [5.41, 5.74) is 1.26. The zero-order chi connectivity index (χ0) is 19.1. The molecule has 1 aliphatic heterocycles. The minimum atomic E-state index is -0.731. The van der Waals surface area contributed by atoms with E-state index in [-0.39, 0.29) is 22.6 Å². The van der Waals surface area contributed by atoms with Gasteiger partial charge in [0.15, 0.2) is 5.76 Å². The van der Waals surface area contributed by atoms with Gasteiger partial charge in [-0.05, 0) is 49.4 Å². The van der Waals surface area contributed by atoms with E-state index >= 15 is 0 Å². The second-order valence-corrected chi connectivity index (χ2v) is 6.04. The molecule has 0 saturated carbocycles. The molecule has 0 unspecified atom stereocenters. The zero-order valence-electron chi connectivity index (χ0n) is 14.2. The Morgan fingerprint density at radius 2 is 1.78 bits per heavy atom. The Morgan fingerprint density at radius 3 is 2.41 bits per heavy atom. The van der Waals surface area contributed by atoms with Crippen LogP contribution in [0.4, 0.5) is 15.8 Å². The van der Waals surface area contributed by atoms with Crippen LogP contribution in [0.25, 0.3) is 0 Å². The fourth-order valence-electron chi connectivity index (χ4n) is 2.97. The lowest BCUT2D eigenvalue weighted by Crippen LogP contribution is -2.29. The molecule has 134 valence electrons. The van der Waals surface area contributed by atoms with Crippen molar-refractivity contribution in [2.45, 2.75) is 6.92 Å². The van der Waals surface area contributed by atoms with Crippen LogP contribution in [0.15, 0.2) is 59.2 Å². The molecule has 1 aromatic heterocycles. The summed E-state index contributed by atoms with van der Waals surface area (Å²) in [6.45, 7) is 1.75. The van der Waals surface area contributed by atoms with Crippen molar-refractivity contribution in [2.75, 3.05) is 10.2 Å². The van der Waals surface area contributed by atoms with Gasteiger partial charge in [-0.25, -0.2) is 9.29 Å². The van der Waals surface area contributed by atoms with Crippen molar-refractivity contribution in [1.29, 1.82) is 0 Å². The van der Waals surface area contributed by atoms with E-state index in [4.69, 9.17) is 4.42 Å². The highest BCUT2D eigenvalue weighted by Crippen LogP contribution is 2.30. The molecule has 3 amide bonds. The predicted octanol–water partition coefficient (Wildman–Crippen LogP) is 3.78. The van der Waals surface area contributed by atoms with Crippen LogP contribution in [0, 0.1) is 12.7 Å².